The molecule has 0 saturated carbocycles. The molecule has 2 aromatic heterocycles. The molecule has 1 aromatic carbocycles. The first-order valence-corrected chi connectivity index (χ1v) is 11.0. The van der Waals surface area contributed by atoms with Gasteiger partial charge in [0.1, 0.15) is 11.3 Å². The first kappa shape index (κ1) is 18.4. The number of rotatable bonds is 5. The Balaban J connectivity index is 1.55. The monoisotopic (exact) mass is 404 g/mol. The first-order valence-electron chi connectivity index (χ1n) is 9.01. The van der Waals surface area contributed by atoms with Crippen molar-refractivity contribution >= 4 is 32.8 Å². The molecule has 0 spiro atoms. The SMILES string of the molecule is CCn1c([C@@H]2CCN(S(=O)(=O)Cc3ccc(Cl)cc3)C2)nc2cccnc21. The van der Waals surface area contributed by atoms with Gasteiger partial charge in [0.25, 0.3) is 0 Å². The quantitative estimate of drug-likeness (QED) is 0.653. The van der Waals surface area contributed by atoms with E-state index in [1.807, 2.05) is 12.1 Å². The largest absolute Gasteiger partial charge is 0.313 e. The van der Waals surface area contributed by atoms with Crippen molar-refractivity contribution < 1.29 is 8.42 Å². The van der Waals surface area contributed by atoms with Gasteiger partial charge in [-0.3, -0.25) is 0 Å². The lowest BCUT2D eigenvalue weighted by Crippen LogP contribution is -2.30. The van der Waals surface area contributed by atoms with Gasteiger partial charge < -0.3 is 4.57 Å². The molecule has 1 saturated heterocycles. The van der Waals surface area contributed by atoms with Crippen LogP contribution in [0.3, 0.4) is 0 Å². The molecular weight excluding hydrogens is 384 g/mol. The third-order valence-electron chi connectivity index (χ3n) is 5.02. The minimum absolute atomic E-state index is 0.0113. The Labute approximate surface area is 163 Å². The van der Waals surface area contributed by atoms with Crippen LogP contribution in [0.25, 0.3) is 11.2 Å². The van der Waals surface area contributed by atoms with Crippen LogP contribution < -0.4 is 0 Å². The lowest BCUT2D eigenvalue weighted by molar-refractivity contribution is 0.468. The van der Waals surface area contributed by atoms with E-state index in [0.29, 0.717) is 18.1 Å². The topological polar surface area (TPSA) is 68.1 Å². The van der Waals surface area contributed by atoms with Gasteiger partial charge in [0.2, 0.25) is 10.0 Å². The fraction of sp³-hybridized carbons (Fsp3) is 0.368. The summed E-state index contributed by atoms with van der Waals surface area (Å²) in [6.45, 7) is 3.79. The summed E-state index contributed by atoms with van der Waals surface area (Å²) in [6, 6.07) is 10.8. The molecule has 1 atom stereocenters. The van der Waals surface area contributed by atoms with Crippen molar-refractivity contribution in [1.82, 2.24) is 18.8 Å². The molecule has 142 valence electrons. The summed E-state index contributed by atoms with van der Waals surface area (Å²) in [4.78, 5) is 9.17. The highest BCUT2D eigenvalue weighted by molar-refractivity contribution is 7.88. The fourth-order valence-corrected chi connectivity index (χ4v) is 5.39. The number of benzene rings is 1. The lowest BCUT2D eigenvalue weighted by atomic mass is 10.1. The molecule has 0 amide bonds. The number of pyridine rings is 1. The minimum atomic E-state index is -3.38. The standard InChI is InChI=1S/C19H21ClN4O2S/c1-2-24-18(22-17-4-3-10-21-19(17)24)15-9-11-23(12-15)27(25,26)13-14-5-7-16(20)8-6-14/h3-8,10,15H,2,9,11-13H2,1H3/t15-/m1/s1. The van der Waals surface area contributed by atoms with E-state index in [1.54, 1.807) is 34.8 Å². The molecule has 0 radical (unpaired) electrons. The summed E-state index contributed by atoms with van der Waals surface area (Å²) < 4.78 is 29.4. The van der Waals surface area contributed by atoms with E-state index in [2.05, 4.69) is 16.5 Å². The second-order valence-electron chi connectivity index (χ2n) is 6.79. The van der Waals surface area contributed by atoms with Crippen LogP contribution in [0.4, 0.5) is 0 Å². The molecule has 1 aliphatic rings. The van der Waals surface area contributed by atoms with Crippen LogP contribution in [0, 0.1) is 0 Å². The van der Waals surface area contributed by atoms with Crippen LogP contribution in [0.5, 0.6) is 0 Å². The third kappa shape index (κ3) is 3.59. The van der Waals surface area contributed by atoms with Crippen molar-refractivity contribution in [2.45, 2.75) is 31.6 Å². The van der Waals surface area contributed by atoms with Crippen molar-refractivity contribution in [3.05, 3.63) is 59.0 Å². The molecule has 1 aliphatic heterocycles. The molecule has 0 N–H and O–H groups in total. The molecule has 3 aromatic rings. The van der Waals surface area contributed by atoms with Crippen LogP contribution >= 0.6 is 11.6 Å². The summed E-state index contributed by atoms with van der Waals surface area (Å²) in [5.74, 6) is 0.998. The molecule has 27 heavy (non-hydrogen) atoms. The normalized spacial score (nSPS) is 18.4. The number of halogens is 1. The van der Waals surface area contributed by atoms with Crippen molar-refractivity contribution in [2.24, 2.45) is 0 Å². The third-order valence-corrected chi connectivity index (χ3v) is 7.09. The number of aryl methyl sites for hydroxylation is 1. The van der Waals surface area contributed by atoms with E-state index in [9.17, 15) is 8.42 Å². The summed E-state index contributed by atoms with van der Waals surface area (Å²) in [5.41, 5.74) is 2.46. The number of nitrogens with zero attached hydrogens (tertiary/aromatic N) is 4. The molecule has 1 fully saturated rings. The van der Waals surface area contributed by atoms with E-state index < -0.39 is 10.0 Å². The number of hydrogen-bond acceptors (Lipinski definition) is 4. The second kappa shape index (κ2) is 7.22. The van der Waals surface area contributed by atoms with Crippen LogP contribution in [0.1, 0.15) is 30.7 Å². The van der Waals surface area contributed by atoms with Gasteiger partial charge >= 0.3 is 0 Å². The Morgan fingerprint density at radius 3 is 2.74 bits per heavy atom. The predicted octanol–water partition coefficient (Wildman–Crippen LogP) is 3.42. The zero-order chi connectivity index (χ0) is 19.0. The van der Waals surface area contributed by atoms with Crippen molar-refractivity contribution in [1.29, 1.82) is 0 Å². The fourth-order valence-electron chi connectivity index (χ4n) is 3.67. The van der Waals surface area contributed by atoms with Gasteiger partial charge in [0.05, 0.1) is 5.75 Å². The molecule has 0 unspecified atom stereocenters. The van der Waals surface area contributed by atoms with Crippen molar-refractivity contribution in [3.63, 3.8) is 0 Å². The van der Waals surface area contributed by atoms with Crippen molar-refractivity contribution in [3.8, 4) is 0 Å². The lowest BCUT2D eigenvalue weighted by Gasteiger charge is -2.17. The highest BCUT2D eigenvalue weighted by Gasteiger charge is 2.34. The zero-order valence-corrected chi connectivity index (χ0v) is 16.6. The summed E-state index contributed by atoms with van der Waals surface area (Å²) >= 11 is 5.88. The smallest absolute Gasteiger partial charge is 0.218 e. The van der Waals surface area contributed by atoms with E-state index in [1.165, 1.54) is 0 Å². The van der Waals surface area contributed by atoms with Gasteiger partial charge in [-0.2, -0.15) is 0 Å². The Kier molecular flexibility index (Phi) is 4.92. The minimum Gasteiger partial charge on any atom is -0.313 e. The van der Waals surface area contributed by atoms with E-state index in [0.717, 1.165) is 35.5 Å². The maximum absolute atomic E-state index is 12.8. The van der Waals surface area contributed by atoms with Gasteiger partial charge in [-0.1, -0.05) is 23.7 Å². The van der Waals surface area contributed by atoms with E-state index in [4.69, 9.17) is 16.6 Å². The number of fused-ring (bicyclic) bond motifs is 1. The number of hydrogen-bond donors (Lipinski definition) is 0. The Morgan fingerprint density at radius 2 is 2.00 bits per heavy atom. The highest BCUT2D eigenvalue weighted by atomic mass is 35.5. The number of sulfonamides is 1. The van der Waals surface area contributed by atoms with Gasteiger partial charge in [-0.15, -0.1) is 0 Å². The highest BCUT2D eigenvalue weighted by Crippen LogP contribution is 2.31. The molecule has 4 rings (SSSR count). The average Bonchev–Trinajstić information content (AvgIpc) is 3.28. The Bertz CT molecular complexity index is 1060. The van der Waals surface area contributed by atoms with E-state index >= 15 is 0 Å². The van der Waals surface area contributed by atoms with Gasteiger partial charge in [-0.05, 0) is 43.2 Å². The maximum atomic E-state index is 12.8. The van der Waals surface area contributed by atoms with Crippen LogP contribution in [0.15, 0.2) is 42.6 Å². The Morgan fingerprint density at radius 1 is 1.22 bits per heavy atom. The van der Waals surface area contributed by atoms with E-state index in [-0.39, 0.29) is 11.7 Å². The molecule has 3 heterocycles. The molecule has 6 nitrogen and oxygen atoms in total. The van der Waals surface area contributed by atoms with Gasteiger partial charge in [0, 0.05) is 36.8 Å². The average molecular weight is 405 g/mol. The predicted molar refractivity (Wildman–Crippen MR) is 106 cm³/mol. The second-order valence-corrected chi connectivity index (χ2v) is 9.19. The molecule has 0 bridgehead atoms. The van der Waals surface area contributed by atoms with Crippen molar-refractivity contribution in [2.75, 3.05) is 13.1 Å². The number of aromatic nitrogens is 3. The zero-order valence-electron chi connectivity index (χ0n) is 15.0. The van der Waals surface area contributed by atoms with Crippen LogP contribution in [-0.4, -0.2) is 40.3 Å². The first-order chi connectivity index (χ1) is 13.0. The maximum Gasteiger partial charge on any atom is 0.218 e. The summed E-state index contributed by atoms with van der Waals surface area (Å²) in [6.07, 6.45) is 2.53. The Hall–Kier alpha value is -1.96. The van der Waals surface area contributed by atoms with Crippen LogP contribution in [0.2, 0.25) is 5.02 Å². The van der Waals surface area contributed by atoms with Crippen LogP contribution in [-0.2, 0) is 22.3 Å². The van der Waals surface area contributed by atoms with Gasteiger partial charge in [-0.25, -0.2) is 22.7 Å². The summed E-state index contributed by atoms with van der Waals surface area (Å²) in [7, 11) is -3.38. The summed E-state index contributed by atoms with van der Waals surface area (Å²) in [5, 5.41) is 0.601. The molecular formula is C19H21ClN4O2S. The molecule has 0 aliphatic carbocycles. The van der Waals surface area contributed by atoms with Gasteiger partial charge in [0.15, 0.2) is 5.65 Å². The molecule has 8 heteroatoms. The number of imidazole rings is 1.